The SMILES string of the molecule is CCOc1cc([C@@H]2C(C(N)=O)=C(C)Nc3nnnn32)ccc1OCc1ccccc1. The van der Waals surface area contributed by atoms with Crippen LogP contribution in [0.15, 0.2) is 59.8 Å². The Morgan fingerprint density at radius 3 is 2.70 bits per heavy atom. The zero-order valence-electron chi connectivity index (χ0n) is 16.7. The van der Waals surface area contributed by atoms with Crippen molar-refractivity contribution in [3.8, 4) is 11.5 Å². The van der Waals surface area contributed by atoms with E-state index in [0.29, 0.717) is 41.9 Å². The van der Waals surface area contributed by atoms with Gasteiger partial charge < -0.3 is 20.5 Å². The average Bonchev–Trinajstić information content (AvgIpc) is 3.20. The highest BCUT2D eigenvalue weighted by Crippen LogP contribution is 2.38. The topological polar surface area (TPSA) is 117 Å². The highest BCUT2D eigenvalue weighted by Gasteiger charge is 2.33. The first-order chi connectivity index (χ1) is 14.6. The van der Waals surface area contributed by atoms with Crippen LogP contribution in [0.4, 0.5) is 5.95 Å². The molecule has 0 radical (unpaired) electrons. The molecule has 4 rings (SSSR count). The van der Waals surface area contributed by atoms with E-state index in [4.69, 9.17) is 15.2 Å². The van der Waals surface area contributed by atoms with Gasteiger partial charge in [0.25, 0.3) is 0 Å². The average molecular weight is 406 g/mol. The van der Waals surface area contributed by atoms with Crippen molar-refractivity contribution >= 4 is 11.9 Å². The highest BCUT2D eigenvalue weighted by molar-refractivity contribution is 5.95. The van der Waals surface area contributed by atoms with Crippen LogP contribution in [0, 0.1) is 0 Å². The molecule has 0 saturated carbocycles. The Hall–Kier alpha value is -3.88. The van der Waals surface area contributed by atoms with Crippen molar-refractivity contribution in [3.63, 3.8) is 0 Å². The molecule has 154 valence electrons. The van der Waals surface area contributed by atoms with Gasteiger partial charge in [0.2, 0.25) is 11.9 Å². The fourth-order valence-electron chi connectivity index (χ4n) is 3.46. The van der Waals surface area contributed by atoms with E-state index in [-0.39, 0.29) is 0 Å². The molecule has 0 spiro atoms. The number of nitrogens with one attached hydrogen (secondary N) is 1. The molecule has 0 fully saturated rings. The molecule has 30 heavy (non-hydrogen) atoms. The van der Waals surface area contributed by atoms with Crippen molar-refractivity contribution in [1.82, 2.24) is 20.2 Å². The number of benzene rings is 2. The quantitative estimate of drug-likeness (QED) is 0.619. The summed E-state index contributed by atoms with van der Waals surface area (Å²) < 4.78 is 13.3. The lowest BCUT2D eigenvalue weighted by atomic mass is 9.95. The summed E-state index contributed by atoms with van der Waals surface area (Å²) in [5.41, 5.74) is 8.48. The number of amides is 1. The molecule has 1 aliphatic heterocycles. The fourth-order valence-corrected chi connectivity index (χ4v) is 3.46. The van der Waals surface area contributed by atoms with E-state index in [1.807, 2.05) is 55.5 Å². The molecule has 2 heterocycles. The Labute approximate surface area is 173 Å². The summed E-state index contributed by atoms with van der Waals surface area (Å²) in [6.45, 7) is 4.55. The largest absolute Gasteiger partial charge is 0.490 e. The number of nitrogens with two attached hydrogens (primary N) is 1. The lowest BCUT2D eigenvalue weighted by molar-refractivity contribution is -0.115. The number of nitrogens with zero attached hydrogens (tertiary/aromatic N) is 4. The molecule has 2 aromatic carbocycles. The molecule has 0 bridgehead atoms. The third kappa shape index (κ3) is 3.69. The normalized spacial score (nSPS) is 15.3. The molecule has 1 atom stereocenters. The van der Waals surface area contributed by atoms with E-state index in [0.717, 1.165) is 11.1 Å². The number of primary amides is 1. The first kappa shape index (κ1) is 19.4. The fraction of sp³-hybridized carbons (Fsp3) is 0.238. The zero-order chi connectivity index (χ0) is 21.1. The minimum atomic E-state index is -0.573. The number of anilines is 1. The third-order valence-corrected chi connectivity index (χ3v) is 4.80. The van der Waals surface area contributed by atoms with E-state index < -0.39 is 11.9 Å². The monoisotopic (exact) mass is 406 g/mol. The van der Waals surface area contributed by atoms with E-state index in [2.05, 4.69) is 20.8 Å². The van der Waals surface area contributed by atoms with Gasteiger partial charge in [-0.1, -0.05) is 41.5 Å². The number of rotatable bonds is 7. The molecule has 1 amide bonds. The van der Waals surface area contributed by atoms with Gasteiger partial charge in [-0.05, 0) is 47.5 Å². The maximum Gasteiger partial charge on any atom is 0.248 e. The lowest BCUT2D eigenvalue weighted by Crippen LogP contribution is -2.31. The molecule has 0 aliphatic carbocycles. The minimum Gasteiger partial charge on any atom is -0.490 e. The number of fused-ring (bicyclic) bond motifs is 1. The molecule has 9 nitrogen and oxygen atoms in total. The van der Waals surface area contributed by atoms with E-state index in [1.54, 1.807) is 6.92 Å². The predicted octanol–water partition coefficient (Wildman–Crippen LogP) is 2.42. The smallest absolute Gasteiger partial charge is 0.248 e. The van der Waals surface area contributed by atoms with Gasteiger partial charge in [-0.15, -0.1) is 0 Å². The predicted molar refractivity (Wildman–Crippen MR) is 110 cm³/mol. The molecule has 3 aromatic rings. The molecule has 0 saturated heterocycles. The van der Waals surface area contributed by atoms with Crippen molar-refractivity contribution < 1.29 is 14.3 Å². The van der Waals surface area contributed by atoms with Crippen molar-refractivity contribution in [1.29, 1.82) is 0 Å². The van der Waals surface area contributed by atoms with Gasteiger partial charge in [-0.2, -0.15) is 4.68 Å². The summed E-state index contributed by atoms with van der Waals surface area (Å²) in [4.78, 5) is 12.2. The molecule has 1 aromatic heterocycles. The van der Waals surface area contributed by atoms with Crippen LogP contribution in [0.3, 0.4) is 0 Å². The second-order valence-corrected chi connectivity index (χ2v) is 6.79. The maximum atomic E-state index is 12.2. The van der Waals surface area contributed by atoms with Crippen LogP contribution < -0.4 is 20.5 Å². The van der Waals surface area contributed by atoms with Crippen LogP contribution in [-0.4, -0.2) is 32.7 Å². The summed E-state index contributed by atoms with van der Waals surface area (Å²) >= 11 is 0. The zero-order valence-corrected chi connectivity index (χ0v) is 16.7. The van der Waals surface area contributed by atoms with Crippen LogP contribution in [0.25, 0.3) is 0 Å². The molecule has 0 unspecified atom stereocenters. The van der Waals surface area contributed by atoms with Crippen molar-refractivity contribution in [3.05, 3.63) is 70.9 Å². The first-order valence-corrected chi connectivity index (χ1v) is 9.57. The number of aromatic nitrogens is 4. The highest BCUT2D eigenvalue weighted by atomic mass is 16.5. The van der Waals surface area contributed by atoms with Crippen molar-refractivity contribution in [2.75, 3.05) is 11.9 Å². The number of hydrogen-bond acceptors (Lipinski definition) is 7. The first-order valence-electron chi connectivity index (χ1n) is 9.57. The molecular weight excluding hydrogens is 384 g/mol. The number of carbonyl (C=O) groups is 1. The Morgan fingerprint density at radius 1 is 1.17 bits per heavy atom. The van der Waals surface area contributed by atoms with E-state index in [1.165, 1.54) is 4.68 Å². The maximum absolute atomic E-state index is 12.2. The van der Waals surface area contributed by atoms with Gasteiger partial charge in [0, 0.05) is 5.70 Å². The number of hydrogen-bond donors (Lipinski definition) is 2. The van der Waals surface area contributed by atoms with Gasteiger partial charge in [0.15, 0.2) is 11.5 Å². The summed E-state index contributed by atoms with van der Waals surface area (Å²) in [5, 5.41) is 14.7. The van der Waals surface area contributed by atoms with Gasteiger partial charge in [0.05, 0.1) is 12.2 Å². The lowest BCUT2D eigenvalue weighted by Gasteiger charge is -2.27. The van der Waals surface area contributed by atoms with Gasteiger partial charge in [-0.25, -0.2) is 0 Å². The van der Waals surface area contributed by atoms with E-state index in [9.17, 15) is 4.79 Å². The van der Waals surface area contributed by atoms with Crippen LogP contribution in [0.1, 0.15) is 31.0 Å². The molecule has 1 aliphatic rings. The van der Waals surface area contributed by atoms with Crippen LogP contribution >= 0.6 is 0 Å². The van der Waals surface area contributed by atoms with E-state index >= 15 is 0 Å². The minimum absolute atomic E-state index is 0.384. The van der Waals surface area contributed by atoms with Crippen LogP contribution in [0.2, 0.25) is 0 Å². The number of carbonyl (C=O) groups excluding carboxylic acids is 1. The molecular formula is C21H22N6O3. The molecule has 3 N–H and O–H groups in total. The standard InChI is InChI=1S/C21H22N6O3/c1-3-29-17-11-15(9-10-16(17)30-12-14-7-5-4-6-8-14)19-18(20(22)28)13(2)23-21-24-25-26-27(19)21/h4-11,19H,3,12H2,1-2H3,(H2,22,28)(H,23,24,26)/t19-/m1/s1. The Balaban J connectivity index is 1.70. The van der Waals surface area contributed by atoms with Crippen molar-refractivity contribution in [2.45, 2.75) is 26.5 Å². The number of ether oxygens (including phenoxy) is 2. The van der Waals surface area contributed by atoms with Crippen LogP contribution in [0.5, 0.6) is 11.5 Å². The van der Waals surface area contributed by atoms with Gasteiger partial charge in [0.1, 0.15) is 12.6 Å². The molecule has 9 heteroatoms. The number of tetrazole rings is 1. The second kappa shape index (κ2) is 8.24. The van der Waals surface area contributed by atoms with Crippen LogP contribution in [-0.2, 0) is 11.4 Å². The van der Waals surface area contributed by atoms with Gasteiger partial charge >= 0.3 is 0 Å². The summed E-state index contributed by atoms with van der Waals surface area (Å²) in [5.74, 6) is 1.07. The summed E-state index contributed by atoms with van der Waals surface area (Å²) in [7, 11) is 0. The Morgan fingerprint density at radius 2 is 1.97 bits per heavy atom. The third-order valence-electron chi connectivity index (χ3n) is 4.80. The second-order valence-electron chi connectivity index (χ2n) is 6.79. The summed E-state index contributed by atoms with van der Waals surface area (Å²) in [6.07, 6.45) is 0. The summed E-state index contributed by atoms with van der Waals surface area (Å²) in [6, 6.07) is 14.8. The van der Waals surface area contributed by atoms with Gasteiger partial charge in [-0.3, -0.25) is 4.79 Å². The van der Waals surface area contributed by atoms with Crippen molar-refractivity contribution in [2.24, 2.45) is 5.73 Å². The number of allylic oxidation sites excluding steroid dienone is 1. The Kier molecular flexibility index (Phi) is 5.34. The Bertz CT molecular complexity index is 1090.